The summed E-state index contributed by atoms with van der Waals surface area (Å²) in [6, 6.07) is 8.75. The molecule has 0 aliphatic carbocycles. The highest BCUT2D eigenvalue weighted by molar-refractivity contribution is 5.86. The van der Waals surface area contributed by atoms with E-state index in [4.69, 9.17) is 9.63 Å². The number of carbonyl (C=O) groups is 2. The fraction of sp³-hybridized carbons (Fsp3) is 0.214. The lowest BCUT2D eigenvalue weighted by Crippen LogP contribution is -2.47. The molecule has 108 valence electrons. The first-order valence-electron chi connectivity index (χ1n) is 6.45. The number of amides is 1. The van der Waals surface area contributed by atoms with E-state index < -0.39 is 5.97 Å². The minimum atomic E-state index is -1.12. The molecule has 0 saturated carbocycles. The molecule has 2 aromatic rings. The number of carboxylic acid groups (broad SMARTS) is 1. The van der Waals surface area contributed by atoms with Crippen LogP contribution in [-0.4, -0.2) is 41.8 Å². The number of rotatable bonds is 3. The van der Waals surface area contributed by atoms with Crippen molar-refractivity contribution in [2.75, 3.05) is 24.5 Å². The van der Waals surface area contributed by atoms with Crippen LogP contribution in [0.4, 0.5) is 5.69 Å². The third kappa shape index (κ3) is 2.71. The molecule has 1 fully saturated rings. The molecule has 3 rings (SSSR count). The van der Waals surface area contributed by atoms with Gasteiger partial charge in [0.25, 0.3) is 0 Å². The highest BCUT2D eigenvalue weighted by Crippen LogP contribution is 2.24. The number of anilines is 1. The van der Waals surface area contributed by atoms with Crippen LogP contribution in [0.2, 0.25) is 0 Å². The lowest BCUT2D eigenvalue weighted by Gasteiger charge is -2.28. The zero-order valence-electron chi connectivity index (χ0n) is 11.1. The molecule has 1 aliphatic rings. The van der Waals surface area contributed by atoms with Crippen molar-refractivity contribution in [2.45, 2.75) is 0 Å². The molecule has 1 amide bonds. The van der Waals surface area contributed by atoms with Crippen LogP contribution in [0.5, 0.6) is 0 Å². The molecule has 0 unspecified atom stereocenters. The van der Waals surface area contributed by atoms with E-state index in [0.717, 1.165) is 17.8 Å². The van der Waals surface area contributed by atoms with E-state index in [0.29, 0.717) is 18.8 Å². The van der Waals surface area contributed by atoms with Gasteiger partial charge in [0, 0.05) is 30.4 Å². The summed E-state index contributed by atoms with van der Waals surface area (Å²) in [6.45, 7) is 1.73. The molecule has 1 saturated heterocycles. The molecule has 0 radical (unpaired) electrons. The number of nitrogens with zero attached hydrogens (tertiary/aromatic N) is 2. The van der Waals surface area contributed by atoms with Gasteiger partial charge in [-0.05, 0) is 24.3 Å². The summed E-state index contributed by atoms with van der Waals surface area (Å²) >= 11 is 0. The Hall–Kier alpha value is -2.83. The monoisotopic (exact) mass is 287 g/mol. The van der Waals surface area contributed by atoms with Crippen LogP contribution in [0.1, 0.15) is 10.5 Å². The molecule has 7 nitrogen and oxygen atoms in total. The van der Waals surface area contributed by atoms with Crippen LogP contribution in [0.15, 0.2) is 34.9 Å². The Kier molecular flexibility index (Phi) is 3.31. The van der Waals surface area contributed by atoms with Gasteiger partial charge in [0.15, 0.2) is 11.5 Å². The standard InChI is InChI=1S/C14H13N3O4/c18-13-8-17(6-5-15-13)10-3-1-9(2-4-10)12-7-11(14(19)20)16-21-12/h1-4,7H,5-6,8H2,(H,15,18)(H,19,20). The van der Waals surface area contributed by atoms with Crippen molar-refractivity contribution in [1.29, 1.82) is 0 Å². The van der Waals surface area contributed by atoms with Crippen molar-refractivity contribution in [3.05, 3.63) is 36.0 Å². The van der Waals surface area contributed by atoms with Gasteiger partial charge in [-0.3, -0.25) is 4.79 Å². The van der Waals surface area contributed by atoms with Crippen molar-refractivity contribution in [3.63, 3.8) is 0 Å². The van der Waals surface area contributed by atoms with Crippen molar-refractivity contribution in [1.82, 2.24) is 10.5 Å². The molecule has 2 N–H and O–H groups in total. The van der Waals surface area contributed by atoms with Crippen LogP contribution in [0.3, 0.4) is 0 Å². The van der Waals surface area contributed by atoms with Crippen LogP contribution < -0.4 is 10.2 Å². The van der Waals surface area contributed by atoms with Crippen molar-refractivity contribution >= 4 is 17.6 Å². The van der Waals surface area contributed by atoms with Gasteiger partial charge in [-0.2, -0.15) is 0 Å². The predicted octanol–water partition coefficient (Wildman–Crippen LogP) is 0.976. The van der Waals surface area contributed by atoms with Crippen LogP contribution >= 0.6 is 0 Å². The van der Waals surface area contributed by atoms with Gasteiger partial charge in [-0.1, -0.05) is 5.16 Å². The minimum Gasteiger partial charge on any atom is -0.476 e. The zero-order chi connectivity index (χ0) is 14.8. The van der Waals surface area contributed by atoms with Gasteiger partial charge in [-0.25, -0.2) is 4.79 Å². The second-order valence-electron chi connectivity index (χ2n) is 4.70. The number of hydrogen-bond donors (Lipinski definition) is 2. The normalized spacial score (nSPS) is 14.9. The molecular weight excluding hydrogens is 274 g/mol. The van der Waals surface area contributed by atoms with Gasteiger partial charge in [0.1, 0.15) is 0 Å². The molecule has 0 atom stereocenters. The Balaban J connectivity index is 1.79. The summed E-state index contributed by atoms with van der Waals surface area (Å²) in [6.07, 6.45) is 0. The topological polar surface area (TPSA) is 95.7 Å². The lowest BCUT2D eigenvalue weighted by atomic mass is 10.1. The summed E-state index contributed by atoms with van der Waals surface area (Å²) < 4.78 is 5.01. The van der Waals surface area contributed by atoms with E-state index >= 15 is 0 Å². The fourth-order valence-corrected chi connectivity index (χ4v) is 2.21. The third-order valence-corrected chi connectivity index (χ3v) is 3.28. The number of benzene rings is 1. The smallest absolute Gasteiger partial charge is 0.358 e. The Morgan fingerprint density at radius 2 is 2.10 bits per heavy atom. The molecule has 1 aromatic carbocycles. The summed E-state index contributed by atoms with van der Waals surface area (Å²) in [5.74, 6) is -0.719. The Morgan fingerprint density at radius 3 is 2.71 bits per heavy atom. The second-order valence-corrected chi connectivity index (χ2v) is 4.70. The number of carboxylic acids is 1. The van der Waals surface area contributed by atoms with E-state index in [1.54, 1.807) is 0 Å². The van der Waals surface area contributed by atoms with Crippen LogP contribution in [-0.2, 0) is 4.79 Å². The lowest BCUT2D eigenvalue weighted by molar-refractivity contribution is -0.120. The Labute approximate surface area is 120 Å². The minimum absolute atomic E-state index is 0.00617. The number of aromatic nitrogens is 1. The van der Waals surface area contributed by atoms with Gasteiger partial charge in [0.2, 0.25) is 5.91 Å². The maximum absolute atomic E-state index is 11.4. The average Bonchev–Trinajstić information content (AvgIpc) is 2.97. The molecular formula is C14H13N3O4. The number of carbonyl (C=O) groups excluding carboxylic acids is 1. The van der Waals surface area contributed by atoms with Crippen molar-refractivity contribution < 1.29 is 19.2 Å². The van der Waals surface area contributed by atoms with Gasteiger partial charge in [-0.15, -0.1) is 0 Å². The second kappa shape index (κ2) is 5.28. The van der Waals surface area contributed by atoms with Crippen LogP contribution in [0, 0.1) is 0 Å². The fourth-order valence-electron chi connectivity index (χ4n) is 2.21. The Bertz CT molecular complexity index is 678. The summed E-state index contributed by atoms with van der Waals surface area (Å²) in [4.78, 5) is 24.1. The SMILES string of the molecule is O=C1CN(c2ccc(-c3cc(C(=O)O)no3)cc2)CCN1. The molecule has 2 heterocycles. The quantitative estimate of drug-likeness (QED) is 0.873. The Morgan fingerprint density at radius 1 is 1.33 bits per heavy atom. The first kappa shape index (κ1) is 13.2. The summed E-state index contributed by atoms with van der Waals surface area (Å²) in [5.41, 5.74) is 1.55. The third-order valence-electron chi connectivity index (χ3n) is 3.28. The maximum atomic E-state index is 11.4. The van der Waals surface area contributed by atoms with Gasteiger partial charge >= 0.3 is 5.97 Å². The van der Waals surface area contributed by atoms with E-state index in [-0.39, 0.29) is 11.6 Å². The number of aromatic carboxylic acids is 1. The molecule has 1 aliphatic heterocycles. The van der Waals surface area contributed by atoms with E-state index in [9.17, 15) is 9.59 Å². The summed E-state index contributed by atoms with van der Waals surface area (Å²) in [7, 11) is 0. The highest BCUT2D eigenvalue weighted by atomic mass is 16.5. The first-order valence-corrected chi connectivity index (χ1v) is 6.45. The molecule has 0 bridgehead atoms. The van der Waals surface area contributed by atoms with Crippen molar-refractivity contribution in [3.8, 4) is 11.3 Å². The largest absolute Gasteiger partial charge is 0.476 e. The van der Waals surface area contributed by atoms with Crippen LogP contribution in [0.25, 0.3) is 11.3 Å². The first-order chi connectivity index (χ1) is 10.1. The zero-order valence-corrected chi connectivity index (χ0v) is 11.1. The van der Waals surface area contributed by atoms with Gasteiger partial charge in [0.05, 0.1) is 6.54 Å². The van der Waals surface area contributed by atoms with Crippen molar-refractivity contribution in [2.24, 2.45) is 0 Å². The maximum Gasteiger partial charge on any atom is 0.358 e. The van der Waals surface area contributed by atoms with Gasteiger partial charge < -0.3 is 19.8 Å². The molecule has 1 aromatic heterocycles. The van der Waals surface area contributed by atoms with E-state index in [2.05, 4.69) is 10.5 Å². The average molecular weight is 287 g/mol. The molecule has 21 heavy (non-hydrogen) atoms. The molecule has 7 heteroatoms. The summed E-state index contributed by atoms with van der Waals surface area (Å²) in [5, 5.41) is 15.1. The predicted molar refractivity (Wildman–Crippen MR) is 74.1 cm³/mol. The molecule has 0 spiro atoms. The highest BCUT2D eigenvalue weighted by Gasteiger charge is 2.17. The number of hydrogen-bond acceptors (Lipinski definition) is 5. The van der Waals surface area contributed by atoms with E-state index in [1.165, 1.54) is 6.07 Å². The number of nitrogens with one attached hydrogen (secondary N) is 1. The van der Waals surface area contributed by atoms with E-state index in [1.807, 2.05) is 29.2 Å². The number of piperazine rings is 1.